The summed E-state index contributed by atoms with van der Waals surface area (Å²) in [7, 11) is -2.27. The molecule has 0 aromatic heterocycles. The minimum Gasteiger partial charge on any atom is -0.496 e. The van der Waals surface area contributed by atoms with E-state index in [0.29, 0.717) is 43.4 Å². The number of rotatable bonds is 8. The molecule has 150 valence electrons. The van der Waals surface area contributed by atoms with Gasteiger partial charge in [-0.05, 0) is 43.9 Å². The van der Waals surface area contributed by atoms with Crippen LogP contribution in [0.2, 0.25) is 0 Å². The van der Waals surface area contributed by atoms with E-state index in [0.717, 1.165) is 0 Å². The standard InChI is InChI=1S/C18H26N2O6S/c1-3-17(21)19-11-13-10-15(8-9-16(13)26-2)27(24,25)20-14-6-4-12(5-7-14)18(22)23/h8-10,12,14,20H,3-7,11H2,1-2H3,(H,19,21)(H,22,23). The van der Waals surface area contributed by atoms with Crippen LogP contribution >= 0.6 is 0 Å². The fourth-order valence-corrected chi connectivity index (χ4v) is 4.48. The Hall–Kier alpha value is -2.13. The second-order valence-electron chi connectivity index (χ2n) is 6.61. The van der Waals surface area contributed by atoms with Crippen LogP contribution in [-0.2, 0) is 26.2 Å². The smallest absolute Gasteiger partial charge is 0.306 e. The zero-order valence-corrected chi connectivity index (χ0v) is 16.3. The summed E-state index contributed by atoms with van der Waals surface area (Å²) >= 11 is 0. The van der Waals surface area contributed by atoms with E-state index >= 15 is 0 Å². The first-order valence-corrected chi connectivity index (χ1v) is 10.4. The number of carbonyl (C=O) groups is 2. The van der Waals surface area contributed by atoms with Crippen molar-refractivity contribution >= 4 is 21.9 Å². The van der Waals surface area contributed by atoms with Crippen LogP contribution in [-0.4, -0.2) is 38.6 Å². The summed E-state index contributed by atoms with van der Waals surface area (Å²) in [5.74, 6) is -0.878. The Morgan fingerprint density at radius 3 is 2.44 bits per heavy atom. The normalized spacial score (nSPS) is 20.1. The molecule has 0 unspecified atom stereocenters. The Labute approximate surface area is 159 Å². The van der Waals surface area contributed by atoms with Crippen LogP contribution in [0.25, 0.3) is 0 Å². The Balaban J connectivity index is 2.11. The monoisotopic (exact) mass is 398 g/mol. The van der Waals surface area contributed by atoms with Crippen molar-refractivity contribution in [2.24, 2.45) is 5.92 Å². The van der Waals surface area contributed by atoms with Gasteiger partial charge in [0.1, 0.15) is 5.75 Å². The predicted molar refractivity (Wildman–Crippen MR) is 98.8 cm³/mol. The highest BCUT2D eigenvalue weighted by molar-refractivity contribution is 7.89. The van der Waals surface area contributed by atoms with Crippen molar-refractivity contribution in [2.45, 2.75) is 56.5 Å². The van der Waals surface area contributed by atoms with E-state index < -0.39 is 21.9 Å². The average molecular weight is 398 g/mol. The maximum absolute atomic E-state index is 12.7. The summed E-state index contributed by atoms with van der Waals surface area (Å²) in [5, 5.41) is 11.8. The van der Waals surface area contributed by atoms with Crippen molar-refractivity contribution in [3.63, 3.8) is 0 Å². The van der Waals surface area contributed by atoms with Gasteiger partial charge < -0.3 is 15.2 Å². The van der Waals surface area contributed by atoms with Gasteiger partial charge in [0.15, 0.2) is 0 Å². The van der Waals surface area contributed by atoms with Gasteiger partial charge in [0.25, 0.3) is 0 Å². The molecule has 0 heterocycles. The number of methoxy groups -OCH3 is 1. The van der Waals surface area contributed by atoms with Gasteiger partial charge in [-0.2, -0.15) is 0 Å². The summed E-state index contributed by atoms with van der Waals surface area (Å²) in [5.41, 5.74) is 0.566. The summed E-state index contributed by atoms with van der Waals surface area (Å²) in [4.78, 5) is 22.6. The van der Waals surface area contributed by atoms with Crippen LogP contribution in [0.1, 0.15) is 44.6 Å². The summed E-state index contributed by atoms with van der Waals surface area (Å²) < 4.78 is 33.3. The molecule has 1 aliphatic rings. The third kappa shape index (κ3) is 5.67. The fraction of sp³-hybridized carbons (Fsp3) is 0.556. The van der Waals surface area contributed by atoms with E-state index in [-0.39, 0.29) is 23.4 Å². The molecule has 1 fully saturated rings. The van der Waals surface area contributed by atoms with Crippen LogP contribution in [0, 0.1) is 5.92 Å². The van der Waals surface area contributed by atoms with Gasteiger partial charge in [0.05, 0.1) is 17.9 Å². The molecule has 3 N–H and O–H groups in total. The molecular weight excluding hydrogens is 372 g/mol. The zero-order chi connectivity index (χ0) is 20.0. The van der Waals surface area contributed by atoms with Crippen molar-refractivity contribution < 1.29 is 27.9 Å². The first-order valence-electron chi connectivity index (χ1n) is 8.95. The lowest BCUT2D eigenvalue weighted by molar-refractivity contribution is -0.142. The van der Waals surface area contributed by atoms with Gasteiger partial charge in [0, 0.05) is 24.6 Å². The van der Waals surface area contributed by atoms with Crippen molar-refractivity contribution in [1.29, 1.82) is 0 Å². The maximum Gasteiger partial charge on any atom is 0.306 e. The molecule has 1 amide bonds. The molecule has 1 aromatic rings. The number of amides is 1. The molecule has 1 aliphatic carbocycles. The number of nitrogens with one attached hydrogen (secondary N) is 2. The molecule has 8 nitrogen and oxygen atoms in total. The van der Waals surface area contributed by atoms with Gasteiger partial charge in [0.2, 0.25) is 15.9 Å². The Kier molecular flexibility index (Phi) is 7.20. The summed E-state index contributed by atoms with van der Waals surface area (Å²) in [6.07, 6.45) is 2.23. The molecular formula is C18H26N2O6S. The number of sulfonamides is 1. The average Bonchev–Trinajstić information content (AvgIpc) is 2.65. The van der Waals surface area contributed by atoms with E-state index in [9.17, 15) is 18.0 Å². The number of hydrogen-bond acceptors (Lipinski definition) is 5. The summed E-state index contributed by atoms with van der Waals surface area (Å²) in [6.45, 7) is 1.90. The lowest BCUT2D eigenvalue weighted by atomic mass is 9.87. The highest BCUT2D eigenvalue weighted by Crippen LogP contribution is 2.27. The lowest BCUT2D eigenvalue weighted by Gasteiger charge is -2.26. The second-order valence-corrected chi connectivity index (χ2v) is 8.33. The van der Waals surface area contributed by atoms with Crippen molar-refractivity contribution in [1.82, 2.24) is 10.0 Å². The number of carboxylic acids is 1. The predicted octanol–water partition coefficient (Wildman–Crippen LogP) is 1.64. The van der Waals surface area contributed by atoms with Gasteiger partial charge in [-0.3, -0.25) is 9.59 Å². The highest BCUT2D eigenvalue weighted by Gasteiger charge is 2.29. The van der Waals surface area contributed by atoms with Crippen molar-refractivity contribution in [2.75, 3.05) is 7.11 Å². The Bertz CT molecular complexity index is 785. The van der Waals surface area contributed by atoms with Gasteiger partial charge in [-0.15, -0.1) is 0 Å². The second kappa shape index (κ2) is 9.18. The number of benzene rings is 1. The van der Waals surface area contributed by atoms with Crippen molar-refractivity contribution in [3.05, 3.63) is 23.8 Å². The number of ether oxygens (including phenoxy) is 1. The summed E-state index contributed by atoms with van der Waals surface area (Å²) in [6, 6.07) is 4.22. The quantitative estimate of drug-likeness (QED) is 0.612. The lowest BCUT2D eigenvalue weighted by Crippen LogP contribution is -2.38. The number of carbonyl (C=O) groups excluding carboxylic acids is 1. The Morgan fingerprint density at radius 1 is 1.22 bits per heavy atom. The molecule has 1 saturated carbocycles. The van der Waals surface area contributed by atoms with E-state index in [1.807, 2.05) is 0 Å². The van der Waals surface area contributed by atoms with Gasteiger partial charge in [-0.25, -0.2) is 13.1 Å². The third-order valence-electron chi connectivity index (χ3n) is 4.76. The van der Waals surface area contributed by atoms with Crippen LogP contribution < -0.4 is 14.8 Å². The van der Waals surface area contributed by atoms with Gasteiger partial charge in [-0.1, -0.05) is 6.92 Å². The largest absolute Gasteiger partial charge is 0.496 e. The highest BCUT2D eigenvalue weighted by atomic mass is 32.2. The molecule has 0 aliphatic heterocycles. The molecule has 9 heteroatoms. The van der Waals surface area contributed by atoms with E-state index in [2.05, 4.69) is 10.0 Å². The SMILES string of the molecule is CCC(=O)NCc1cc(S(=O)(=O)NC2CCC(C(=O)O)CC2)ccc1OC. The molecule has 0 spiro atoms. The van der Waals surface area contributed by atoms with Crippen LogP contribution in [0.4, 0.5) is 0 Å². The van der Waals surface area contributed by atoms with Gasteiger partial charge >= 0.3 is 5.97 Å². The first kappa shape index (κ1) is 21.2. The minimum absolute atomic E-state index is 0.0874. The molecule has 0 bridgehead atoms. The molecule has 2 rings (SSSR count). The Morgan fingerprint density at radius 2 is 1.89 bits per heavy atom. The van der Waals surface area contributed by atoms with Crippen LogP contribution in [0.15, 0.2) is 23.1 Å². The number of hydrogen-bond donors (Lipinski definition) is 3. The molecule has 0 saturated heterocycles. The minimum atomic E-state index is -3.75. The molecule has 0 atom stereocenters. The van der Waals surface area contributed by atoms with Crippen molar-refractivity contribution in [3.8, 4) is 5.75 Å². The molecule has 1 aromatic carbocycles. The zero-order valence-electron chi connectivity index (χ0n) is 15.5. The third-order valence-corrected chi connectivity index (χ3v) is 6.28. The fourth-order valence-electron chi connectivity index (χ4n) is 3.12. The number of aliphatic carboxylic acids is 1. The van der Waals surface area contributed by atoms with E-state index in [4.69, 9.17) is 9.84 Å². The molecule has 27 heavy (non-hydrogen) atoms. The molecule has 0 radical (unpaired) electrons. The number of carboxylic acid groups (broad SMARTS) is 1. The van der Waals surface area contributed by atoms with E-state index in [1.165, 1.54) is 19.2 Å². The maximum atomic E-state index is 12.7. The topological polar surface area (TPSA) is 122 Å². The van der Waals surface area contributed by atoms with Crippen LogP contribution in [0.3, 0.4) is 0 Å². The first-order chi connectivity index (χ1) is 12.8. The van der Waals surface area contributed by atoms with Crippen LogP contribution in [0.5, 0.6) is 5.75 Å². The van der Waals surface area contributed by atoms with E-state index in [1.54, 1.807) is 13.0 Å².